The normalized spacial score (nSPS) is 16.5. The summed E-state index contributed by atoms with van der Waals surface area (Å²) >= 11 is 0. The summed E-state index contributed by atoms with van der Waals surface area (Å²) in [4.78, 5) is 11.9. The predicted octanol–water partition coefficient (Wildman–Crippen LogP) is 2.74. The maximum Gasteiger partial charge on any atom is 0.417 e. The zero-order chi connectivity index (χ0) is 14.0. The second-order valence-corrected chi connectivity index (χ2v) is 4.46. The van der Waals surface area contributed by atoms with Crippen molar-refractivity contribution in [1.82, 2.24) is 5.32 Å². The summed E-state index contributed by atoms with van der Waals surface area (Å²) in [7, 11) is 0. The Labute approximate surface area is 108 Å². The van der Waals surface area contributed by atoms with Crippen molar-refractivity contribution < 1.29 is 18.0 Å². The minimum Gasteiger partial charge on any atom is -0.336 e. The second-order valence-electron chi connectivity index (χ2n) is 4.46. The van der Waals surface area contributed by atoms with Gasteiger partial charge in [-0.15, -0.1) is 0 Å². The zero-order valence-corrected chi connectivity index (χ0v) is 9.87. The molecule has 100 valence electrons. The van der Waals surface area contributed by atoms with Crippen LogP contribution in [0, 0.1) is 17.2 Å². The SMILES string of the molecule is N#CC(NC(=O)c1ccccc1C(F)(F)F)C1CC1. The van der Waals surface area contributed by atoms with Crippen LogP contribution >= 0.6 is 0 Å². The summed E-state index contributed by atoms with van der Waals surface area (Å²) in [5.74, 6) is -0.793. The van der Waals surface area contributed by atoms with E-state index in [4.69, 9.17) is 5.26 Å². The molecule has 0 heterocycles. The lowest BCUT2D eigenvalue weighted by atomic mass is 10.1. The number of benzene rings is 1. The van der Waals surface area contributed by atoms with E-state index in [1.165, 1.54) is 12.1 Å². The first-order valence-electron chi connectivity index (χ1n) is 5.80. The van der Waals surface area contributed by atoms with Crippen LogP contribution in [0.4, 0.5) is 13.2 Å². The molecule has 0 aliphatic heterocycles. The van der Waals surface area contributed by atoms with Crippen LogP contribution in [0.3, 0.4) is 0 Å². The van der Waals surface area contributed by atoms with Crippen LogP contribution in [0.2, 0.25) is 0 Å². The molecule has 0 radical (unpaired) electrons. The number of halogens is 3. The highest BCUT2D eigenvalue weighted by Crippen LogP contribution is 2.34. The molecule has 1 aromatic carbocycles. The molecule has 1 aromatic rings. The van der Waals surface area contributed by atoms with Crippen LogP contribution < -0.4 is 5.32 Å². The molecule has 0 saturated heterocycles. The molecule has 1 unspecified atom stereocenters. The first kappa shape index (κ1) is 13.4. The Hall–Kier alpha value is -2.03. The summed E-state index contributed by atoms with van der Waals surface area (Å²) < 4.78 is 38.3. The molecular formula is C13H11F3N2O. The maximum atomic E-state index is 12.8. The molecule has 2 rings (SSSR count). The van der Waals surface area contributed by atoms with E-state index in [0.717, 1.165) is 25.0 Å². The van der Waals surface area contributed by atoms with E-state index in [1.807, 2.05) is 6.07 Å². The van der Waals surface area contributed by atoms with E-state index >= 15 is 0 Å². The highest BCUT2D eigenvalue weighted by molar-refractivity contribution is 5.96. The van der Waals surface area contributed by atoms with Gasteiger partial charge in [-0.2, -0.15) is 18.4 Å². The molecule has 6 heteroatoms. The van der Waals surface area contributed by atoms with Crippen LogP contribution in [-0.2, 0) is 6.18 Å². The van der Waals surface area contributed by atoms with Gasteiger partial charge in [0.2, 0.25) is 0 Å². The van der Waals surface area contributed by atoms with Crippen LogP contribution in [-0.4, -0.2) is 11.9 Å². The topological polar surface area (TPSA) is 52.9 Å². The number of hydrogen-bond acceptors (Lipinski definition) is 2. The molecule has 19 heavy (non-hydrogen) atoms. The number of nitrogens with zero attached hydrogens (tertiary/aromatic N) is 1. The molecule has 0 aromatic heterocycles. The van der Waals surface area contributed by atoms with Crippen molar-refractivity contribution in [2.45, 2.75) is 25.1 Å². The van der Waals surface area contributed by atoms with Gasteiger partial charge in [-0.05, 0) is 30.9 Å². The van der Waals surface area contributed by atoms with E-state index in [2.05, 4.69) is 5.32 Å². The Morgan fingerprint density at radius 2 is 2.00 bits per heavy atom. The van der Waals surface area contributed by atoms with Gasteiger partial charge in [0.15, 0.2) is 0 Å². The fraction of sp³-hybridized carbons (Fsp3) is 0.385. The van der Waals surface area contributed by atoms with Crippen molar-refractivity contribution in [3.63, 3.8) is 0 Å². The lowest BCUT2D eigenvalue weighted by Crippen LogP contribution is -2.36. The van der Waals surface area contributed by atoms with Gasteiger partial charge in [0.1, 0.15) is 6.04 Å². The van der Waals surface area contributed by atoms with Crippen LogP contribution in [0.1, 0.15) is 28.8 Å². The summed E-state index contributed by atoms with van der Waals surface area (Å²) in [6.07, 6.45) is -2.95. The maximum absolute atomic E-state index is 12.8. The van der Waals surface area contributed by atoms with Gasteiger partial charge >= 0.3 is 6.18 Å². The lowest BCUT2D eigenvalue weighted by molar-refractivity contribution is -0.137. The molecular weight excluding hydrogens is 257 g/mol. The standard InChI is InChI=1S/C13H11F3N2O/c14-13(15,16)10-4-2-1-3-9(10)12(19)18-11(7-17)8-5-6-8/h1-4,8,11H,5-6H2,(H,18,19). The van der Waals surface area contributed by atoms with E-state index in [0.29, 0.717) is 0 Å². The first-order chi connectivity index (χ1) is 8.93. The smallest absolute Gasteiger partial charge is 0.336 e. The number of carbonyl (C=O) groups is 1. The van der Waals surface area contributed by atoms with Crippen molar-refractivity contribution in [1.29, 1.82) is 5.26 Å². The second kappa shape index (κ2) is 4.92. The molecule has 1 saturated carbocycles. The summed E-state index contributed by atoms with van der Waals surface area (Å²) in [6, 6.07) is 5.75. The van der Waals surface area contributed by atoms with Gasteiger partial charge < -0.3 is 5.32 Å². The van der Waals surface area contributed by atoms with Crippen molar-refractivity contribution in [3.05, 3.63) is 35.4 Å². The largest absolute Gasteiger partial charge is 0.417 e. The Balaban J connectivity index is 2.22. The molecule has 1 aliphatic rings. The number of carbonyl (C=O) groups excluding carboxylic acids is 1. The highest BCUT2D eigenvalue weighted by atomic mass is 19.4. The van der Waals surface area contributed by atoms with Gasteiger partial charge in [0.05, 0.1) is 17.2 Å². The first-order valence-corrected chi connectivity index (χ1v) is 5.80. The quantitative estimate of drug-likeness (QED) is 0.916. The van der Waals surface area contributed by atoms with Crippen LogP contribution in [0.15, 0.2) is 24.3 Å². The van der Waals surface area contributed by atoms with E-state index in [9.17, 15) is 18.0 Å². The Kier molecular flexibility index (Phi) is 3.47. The van der Waals surface area contributed by atoms with Crippen LogP contribution in [0.5, 0.6) is 0 Å². The molecule has 1 aliphatic carbocycles. The third-order valence-corrected chi connectivity index (χ3v) is 3.00. The van der Waals surface area contributed by atoms with Gasteiger partial charge in [0, 0.05) is 0 Å². The van der Waals surface area contributed by atoms with Gasteiger partial charge in [-0.1, -0.05) is 12.1 Å². The highest BCUT2D eigenvalue weighted by Gasteiger charge is 2.37. The molecule has 0 spiro atoms. The molecule has 1 N–H and O–H groups in total. The number of nitriles is 1. The van der Waals surface area contributed by atoms with Crippen molar-refractivity contribution in [2.24, 2.45) is 5.92 Å². The third-order valence-electron chi connectivity index (χ3n) is 3.00. The van der Waals surface area contributed by atoms with Gasteiger partial charge in [-0.3, -0.25) is 4.79 Å². The van der Waals surface area contributed by atoms with Gasteiger partial charge in [-0.25, -0.2) is 0 Å². The third kappa shape index (κ3) is 3.05. The minimum absolute atomic E-state index is 0.0620. The van der Waals surface area contributed by atoms with Crippen molar-refractivity contribution >= 4 is 5.91 Å². The molecule has 1 fully saturated rings. The van der Waals surface area contributed by atoms with E-state index in [-0.39, 0.29) is 5.92 Å². The van der Waals surface area contributed by atoms with E-state index < -0.39 is 29.3 Å². The summed E-state index contributed by atoms with van der Waals surface area (Å²) in [6.45, 7) is 0. The Morgan fingerprint density at radius 1 is 1.37 bits per heavy atom. The summed E-state index contributed by atoms with van der Waals surface area (Å²) in [5, 5.41) is 11.2. The number of alkyl halides is 3. The average molecular weight is 268 g/mol. The number of amides is 1. The number of nitrogens with one attached hydrogen (secondary N) is 1. The summed E-state index contributed by atoms with van der Waals surface area (Å²) in [5.41, 5.74) is -1.43. The fourth-order valence-corrected chi connectivity index (χ4v) is 1.83. The lowest BCUT2D eigenvalue weighted by Gasteiger charge is -2.14. The number of hydrogen-bond donors (Lipinski definition) is 1. The Morgan fingerprint density at radius 3 is 2.53 bits per heavy atom. The fourth-order valence-electron chi connectivity index (χ4n) is 1.83. The average Bonchev–Trinajstić information content (AvgIpc) is 3.19. The molecule has 3 nitrogen and oxygen atoms in total. The minimum atomic E-state index is -4.59. The van der Waals surface area contributed by atoms with E-state index in [1.54, 1.807) is 0 Å². The molecule has 1 amide bonds. The Bertz CT molecular complexity index is 529. The van der Waals surface area contributed by atoms with Crippen molar-refractivity contribution in [2.75, 3.05) is 0 Å². The molecule has 0 bridgehead atoms. The van der Waals surface area contributed by atoms with Crippen LogP contribution in [0.25, 0.3) is 0 Å². The van der Waals surface area contributed by atoms with Crippen molar-refractivity contribution in [3.8, 4) is 6.07 Å². The predicted molar refractivity (Wildman–Crippen MR) is 61.0 cm³/mol. The zero-order valence-electron chi connectivity index (χ0n) is 9.87. The molecule has 1 atom stereocenters. The monoisotopic (exact) mass is 268 g/mol. The van der Waals surface area contributed by atoms with Gasteiger partial charge in [0.25, 0.3) is 5.91 Å². The number of rotatable bonds is 3.